The first kappa shape index (κ1) is 79.8. The minimum atomic E-state index is -0.800. The van der Waals surface area contributed by atoms with Crippen LogP contribution in [-0.4, -0.2) is 37.2 Å². The molecule has 6 heteroatoms. The molecule has 0 aromatic rings. The summed E-state index contributed by atoms with van der Waals surface area (Å²) in [5.74, 6) is -0.931. The summed E-state index contributed by atoms with van der Waals surface area (Å²) >= 11 is 0. The fourth-order valence-corrected chi connectivity index (χ4v) is 10.8. The molecule has 1 atom stereocenters. The fraction of sp³-hybridized carbons (Fsp3) is 0.805. The Morgan fingerprint density at radius 3 is 0.795 bits per heavy atom. The van der Waals surface area contributed by atoms with Gasteiger partial charge in [-0.25, -0.2) is 0 Å². The summed E-state index contributed by atoms with van der Waals surface area (Å²) in [6, 6.07) is 0. The zero-order valence-corrected chi connectivity index (χ0v) is 55.5. The Balaban J connectivity index is 4.32. The van der Waals surface area contributed by atoms with Crippen LogP contribution >= 0.6 is 0 Å². The summed E-state index contributed by atoms with van der Waals surface area (Å²) in [5.41, 5.74) is 0. The third kappa shape index (κ3) is 69.5. The van der Waals surface area contributed by atoms with Crippen molar-refractivity contribution < 1.29 is 28.6 Å². The molecule has 0 aliphatic heterocycles. The molecular weight excluding hydrogens is 1020 g/mol. The lowest BCUT2D eigenvalue weighted by atomic mass is 10.0. The summed E-state index contributed by atoms with van der Waals surface area (Å²) in [6.45, 7) is 6.54. The van der Waals surface area contributed by atoms with Crippen LogP contribution in [0.3, 0.4) is 0 Å². The zero-order chi connectivity index (χ0) is 59.9. The second kappa shape index (κ2) is 71.3. The lowest BCUT2D eigenvalue weighted by Crippen LogP contribution is -2.30. The largest absolute Gasteiger partial charge is 0.462 e. The Morgan fingerprint density at radius 1 is 0.253 bits per heavy atom. The lowest BCUT2D eigenvalue weighted by molar-refractivity contribution is -0.167. The van der Waals surface area contributed by atoms with E-state index in [-0.39, 0.29) is 37.5 Å². The number of hydrogen-bond donors (Lipinski definition) is 0. The van der Waals surface area contributed by atoms with Crippen LogP contribution in [0.2, 0.25) is 0 Å². The SMILES string of the molecule is CC/C=C\C/C=C\C/C=C\C/C=C\C/C=C\CCCC(=O)OCC(COC(=O)CCCCCCCCCCCCCCCCCCCCCCCCCCCCC)OC(=O)CCCCCCCCCCC/C=C\CCCCCCCCCC. The summed E-state index contributed by atoms with van der Waals surface area (Å²) in [7, 11) is 0. The van der Waals surface area contributed by atoms with E-state index in [9.17, 15) is 14.4 Å². The van der Waals surface area contributed by atoms with Crippen LogP contribution in [0.1, 0.15) is 380 Å². The van der Waals surface area contributed by atoms with Crippen molar-refractivity contribution in [2.75, 3.05) is 13.2 Å². The number of carbonyl (C=O) groups excluding carboxylic acids is 3. The summed E-state index contributed by atoms with van der Waals surface area (Å²) in [5, 5.41) is 0. The van der Waals surface area contributed by atoms with E-state index in [1.165, 1.54) is 257 Å². The molecule has 0 bridgehead atoms. The van der Waals surface area contributed by atoms with Gasteiger partial charge in [0, 0.05) is 19.3 Å². The molecule has 83 heavy (non-hydrogen) atoms. The number of allylic oxidation sites excluding steroid dienone is 12. The minimum absolute atomic E-state index is 0.0903. The normalized spacial score (nSPS) is 12.5. The first-order valence-corrected chi connectivity index (χ1v) is 36.4. The summed E-state index contributed by atoms with van der Waals surface area (Å²) in [4.78, 5) is 38.5. The van der Waals surface area contributed by atoms with Gasteiger partial charge in [0.1, 0.15) is 13.2 Å². The number of esters is 3. The monoisotopic (exact) mass is 1160 g/mol. The van der Waals surface area contributed by atoms with Gasteiger partial charge in [-0.1, -0.05) is 351 Å². The molecule has 6 nitrogen and oxygen atoms in total. The van der Waals surface area contributed by atoms with Crippen LogP contribution in [0.25, 0.3) is 0 Å². The van der Waals surface area contributed by atoms with Gasteiger partial charge in [0.15, 0.2) is 6.10 Å². The molecule has 1 unspecified atom stereocenters. The van der Waals surface area contributed by atoms with E-state index in [1.807, 2.05) is 0 Å². The van der Waals surface area contributed by atoms with Crippen LogP contribution in [0.4, 0.5) is 0 Å². The highest BCUT2D eigenvalue weighted by molar-refractivity contribution is 5.71. The number of hydrogen-bond acceptors (Lipinski definition) is 6. The molecule has 0 aliphatic rings. The van der Waals surface area contributed by atoms with Gasteiger partial charge in [0.25, 0.3) is 0 Å². The maximum atomic E-state index is 13.0. The molecule has 0 saturated carbocycles. The van der Waals surface area contributed by atoms with Gasteiger partial charge < -0.3 is 14.2 Å². The smallest absolute Gasteiger partial charge is 0.306 e. The van der Waals surface area contributed by atoms with Crippen molar-refractivity contribution >= 4 is 17.9 Å². The van der Waals surface area contributed by atoms with Crippen LogP contribution in [-0.2, 0) is 28.6 Å². The molecule has 0 aromatic heterocycles. The predicted octanol–water partition coefficient (Wildman–Crippen LogP) is 25.2. The van der Waals surface area contributed by atoms with Crippen molar-refractivity contribution in [2.24, 2.45) is 0 Å². The third-order valence-electron chi connectivity index (χ3n) is 16.2. The van der Waals surface area contributed by atoms with Gasteiger partial charge in [-0.3, -0.25) is 14.4 Å². The molecule has 0 spiro atoms. The quantitative estimate of drug-likeness (QED) is 0.0261. The van der Waals surface area contributed by atoms with Gasteiger partial charge in [-0.15, -0.1) is 0 Å². The first-order chi connectivity index (χ1) is 41.0. The molecular formula is C77H138O6. The second-order valence-electron chi connectivity index (χ2n) is 24.5. The zero-order valence-electron chi connectivity index (χ0n) is 55.5. The molecule has 0 radical (unpaired) electrons. The van der Waals surface area contributed by atoms with Crippen LogP contribution in [0.15, 0.2) is 72.9 Å². The maximum Gasteiger partial charge on any atom is 0.306 e. The molecule has 0 heterocycles. The van der Waals surface area contributed by atoms with Crippen molar-refractivity contribution in [1.82, 2.24) is 0 Å². The second-order valence-corrected chi connectivity index (χ2v) is 24.5. The maximum absolute atomic E-state index is 13.0. The van der Waals surface area contributed by atoms with Crippen molar-refractivity contribution in [3.63, 3.8) is 0 Å². The molecule has 0 fully saturated rings. The van der Waals surface area contributed by atoms with E-state index >= 15 is 0 Å². The Kier molecular flexibility index (Phi) is 68.6. The highest BCUT2D eigenvalue weighted by Crippen LogP contribution is 2.18. The van der Waals surface area contributed by atoms with E-state index < -0.39 is 6.10 Å². The molecule has 0 aliphatic carbocycles. The Hall–Kier alpha value is -3.15. The van der Waals surface area contributed by atoms with E-state index in [0.29, 0.717) is 19.3 Å². The third-order valence-corrected chi connectivity index (χ3v) is 16.2. The Morgan fingerprint density at radius 2 is 0.482 bits per heavy atom. The van der Waals surface area contributed by atoms with Crippen LogP contribution in [0, 0.1) is 0 Å². The van der Waals surface area contributed by atoms with Gasteiger partial charge in [0.2, 0.25) is 0 Å². The topological polar surface area (TPSA) is 78.9 Å². The van der Waals surface area contributed by atoms with Crippen LogP contribution in [0.5, 0.6) is 0 Å². The molecule has 0 saturated heterocycles. The van der Waals surface area contributed by atoms with Gasteiger partial charge in [-0.05, 0) is 83.5 Å². The van der Waals surface area contributed by atoms with E-state index in [2.05, 4.69) is 93.7 Å². The number of ether oxygens (including phenoxy) is 3. The summed E-state index contributed by atoms with van der Waals surface area (Å²) < 4.78 is 17.0. The fourth-order valence-electron chi connectivity index (χ4n) is 10.8. The molecule has 482 valence electrons. The predicted molar refractivity (Wildman–Crippen MR) is 362 cm³/mol. The first-order valence-electron chi connectivity index (χ1n) is 36.4. The van der Waals surface area contributed by atoms with Crippen LogP contribution < -0.4 is 0 Å². The van der Waals surface area contributed by atoms with E-state index in [4.69, 9.17) is 14.2 Å². The summed E-state index contributed by atoms with van der Waals surface area (Å²) in [6.07, 6.45) is 93.8. The highest BCUT2D eigenvalue weighted by atomic mass is 16.6. The number of carbonyl (C=O) groups is 3. The Bertz CT molecular complexity index is 1520. The van der Waals surface area contributed by atoms with Crippen molar-refractivity contribution in [3.05, 3.63) is 72.9 Å². The van der Waals surface area contributed by atoms with Gasteiger partial charge in [0.05, 0.1) is 0 Å². The number of unbranched alkanes of at least 4 members (excludes halogenated alkanes) is 44. The standard InChI is InChI=1S/C77H138O6/c1-4-7-10-13-16-19-22-25-28-31-33-35-36-37-38-39-40-42-43-46-49-52-55-58-61-64-67-70-76(79)82-73-74(72-81-75(78)69-66-63-60-57-54-51-48-45-30-27-24-21-18-15-12-9-6-3)83-77(80)71-68-65-62-59-56-53-50-47-44-41-34-32-29-26-23-20-17-14-11-8-5-2/h9,12,18,21,27,30,32,34,48,51,57,60,74H,4-8,10-11,13-17,19-20,22-26,28-29,31,33,35-47,49-50,52-56,58-59,61-73H2,1-3H3/b12-9-,21-18-,30-27-,34-32-,51-48-,60-57-. The van der Waals surface area contributed by atoms with Crippen molar-refractivity contribution in [1.29, 1.82) is 0 Å². The van der Waals surface area contributed by atoms with E-state index in [0.717, 1.165) is 77.0 Å². The average Bonchev–Trinajstić information content (AvgIpc) is 3.50. The molecule has 0 aromatic carbocycles. The van der Waals surface area contributed by atoms with Crippen molar-refractivity contribution in [2.45, 2.75) is 386 Å². The lowest BCUT2D eigenvalue weighted by Gasteiger charge is -2.18. The molecule has 0 amide bonds. The Labute approximate surface area is 516 Å². The highest BCUT2D eigenvalue weighted by Gasteiger charge is 2.19. The van der Waals surface area contributed by atoms with Crippen molar-refractivity contribution in [3.8, 4) is 0 Å². The van der Waals surface area contributed by atoms with E-state index in [1.54, 1.807) is 0 Å². The van der Waals surface area contributed by atoms with Gasteiger partial charge in [-0.2, -0.15) is 0 Å². The average molecular weight is 1160 g/mol. The molecule has 0 rings (SSSR count). The minimum Gasteiger partial charge on any atom is -0.462 e. The molecule has 0 N–H and O–H groups in total. The number of rotatable bonds is 67. The van der Waals surface area contributed by atoms with Gasteiger partial charge >= 0.3 is 17.9 Å².